The normalized spacial score (nSPS) is 11.8. The first-order chi connectivity index (χ1) is 8.34. The molecule has 0 fully saturated rings. The lowest BCUT2D eigenvalue weighted by molar-refractivity contribution is 0.529. The van der Waals surface area contributed by atoms with Crippen LogP contribution in [0.25, 0.3) is 33.2 Å². The van der Waals surface area contributed by atoms with Crippen LogP contribution in [0.3, 0.4) is 0 Å². The molecule has 4 rings (SSSR count). The Morgan fingerprint density at radius 2 is 1.53 bits per heavy atom. The lowest BCUT2D eigenvalue weighted by atomic mass is 10.0. The van der Waals surface area contributed by atoms with E-state index >= 15 is 0 Å². The fraction of sp³-hybridized carbons (Fsp3) is 0. The zero-order chi connectivity index (χ0) is 11.4. The molecule has 0 bridgehead atoms. The van der Waals surface area contributed by atoms with Crippen molar-refractivity contribution >= 4 is 10.8 Å². The van der Waals surface area contributed by atoms with Crippen LogP contribution < -0.4 is 5.63 Å². The molecule has 1 aliphatic carbocycles. The van der Waals surface area contributed by atoms with Crippen molar-refractivity contribution in [2.45, 2.75) is 0 Å². The summed E-state index contributed by atoms with van der Waals surface area (Å²) in [5, 5.41) is 2.36. The van der Waals surface area contributed by atoms with Crippen LogP contribution >= 0.6 is 0 Å². The van der Waals surface area contributed by atoms with Gasteiger partial charge in [0.05, 0.1) is 0 Å². The smallest absolute Gasteiger partial charge is 0.336 e. The molecule has 0 saturated carbocycles. The van der Waals surface area contributed by atoms with E-state index in [-0.39, 0.29) is 5.63 Å². The highest BCUT2D eigenvalue weighted by Gasteiger charge is 2.22. The molecule has 1 aromatic heterocycles. The second-order valence-corrected chi connectivity index (χ2v) is 4.21. The minimum absolute atomic E-state index is 0.298. The van der Waals surface area contributed by atoms with Gasteiger partial charge in [0.25, 0.3) is 0 Å². The fourth-order valence-corrected chi connectivity index (χ4v) is 2.58. The molecule has 0 unspecified atom stereocenters. The lowest BCUT2D eigenvalue weighted by Crippen LogP contribution is -1.95. The molecular formula is C15H8O2. The molecule has 2 aromatic carbocycles. The van der Waals surface area contributed by atoms with Crippen molar-refractivity contribution in [3.63, 3.8) is 0 Å². The van der Waals surface area contributed by atoms with Crippen molar-refractivity contribution in [1.29, 1.82) is 0 Å². The molecule has 2 heteroatoms. The van der Waals surface area contributed by atoms with Crippen LogP contribution in [0, 0.1) is 0 Å². The zero-order valence-corrected chi connectivity index (χ0v) is 8.94. The summed E-state index contributed by atoms with van der Waals surface area (Å²) in [6, 6.07) is 15.6. The Morgan fingerprint density at radius 3 is 2.35 bits per heavy atom. The van der Waals surface area contributed by atoms with E-state index in [2.05, 4.69) is 18.2 Å². The van der Waals surface area contributed by atoms with Crippen molar-refractivity contribution in [3.8, 4) is 22.5 Å². The second-order valence-electron chi connectivity index (χ2n) is 4.21. The van der Waals surface area contributed by atoms with Gasteiger partial charge in [-0.15, -0.1) is 0 Å². The van der Waals surface area contributed by atoms with Crippen molar-refractivity contribution < 1.29 is 4.42 Å². The first-order valence-electron chi connectivity index (χ1n) is 5.51. The minimum atomic E-state index is -0.298. The van der Waals surface area contributed by atoms with Gasteiger partial charge in [-0.25, -0.2) is 4.79 Å². The predicted molar refractivity (Wildman–Crippen MR) is 66.9 cm³/mol. The summed E-state index contributed by atoms with van der Waals surface area (Å²) in [6.45, 7) is 0. The Labute approximate surface area is 97.1 Å². The van der Waals surface area contributed by atoms with E-state index in [1.807, 2.05) is 24.3 Å². The van der Waals surface area contributed by atoms with Gasteiger partial charge in [-0.2, -0.15) is 0 Å². The van der Waals surface area contributed by atoms with Gasteiger partial charge in [0.15, 0.2) is 0 Å². The third-order valence-electron chi connectivity index (χ3n) is 3.27. The number of benzene rings is 2. The number of hydrogen-bond donors (Lipinski definition) is 0. The summed E-state index contributed by atoms with van der Waals surface area (Å²) in [5.74, 6) is 0.698. The second kappa shape index (κ2) is 2.86. The van der Waals surface area contributed by atoms with Gasteiger partial charge in [-0.05, 0) is 17.0 Å². The van der Waals surface area contributed by atoms with Gasteiger partial charge in [-0.1, -0.05) is 36.4 Å². The highest BCUT2D eigenvalue weighted by molar-refractivity contribution is 6.13. The topological polar surface area (TPSA) is 30.2 Å². The van der Waals surface area contributed by atoms with Crippen molar-refractivity contribution in [3.05, 3.63) is 59.0 Å². The van der Waals surface area contributed by atoms with E-state index in [0.717, 1.165) is 16.7 Å². The first-order valence-corrected chi connectivity index (χ1v) is 5.51. The molecule has 3 aromatic rings. The van der Waals surface area contributed by atoms with Gasteiger partial charge >= 0.3 is 5.63 Å². The quantitative estimate of drug-likeness (QED) is 0.454. The molecular weight excluding hydrogens is 212 g/mol. The predicted octanol–water partition coefficient (Wildman–Crippen LogP) is 3.44. The molecule has 0 spiro atoms. The number of rotatable bonds is 0. The average Bonchev–Trinajstić information content (AvgIpc) is 2.67. The summed E-state index contributed by atoms with van der Waals surface area (Å²) in [6.07, 6.45) is 0. The van der Waals surface area contributed by atoms with E-state index < -0.39 is 0 Å². The summed E-state index contributed by atoms with van der Waals surface area (Å²) in [7, 11) is 0. The summed E-state index contributed by atoms with van der Waals surface area (Å²) >= 11 is 0. The largest absolute Gasteiger partial charge is 0.422 e. The van der Waals surface area contributed by atoms with Gasteiger partial charge in [0, 0.05) is 22.6 Å². The molecule has 0 N–H and O–H groups in total. The summed E-state index contributed by atoms with van der Waals surface area (Å²) in [4.78, 5) is 11.3. The molecule has 0 saturated heterocycles. The van der Waals surface area contributed by atoms with E-state index in [1.165, 1.54) is 16.8 Å². The monoisotopic (exact) mass is 220 g/mol. The van der Waals surface area contributed by atoms with Gasteiger partial charge in [0.2, 0.25) is 0 Å². The van der Waals surface area contributed by atoms with Crippen LogP contribution in [-0.2, 0) is 0 Å². The van der Waals surface area contributed by atoms with Crippen LogP contribution in [0.5, 0.6) is 0 Å². The van der Waals surface area contributed by atoms with Crippen LogP contribution in [0.15, 0.2) is 57.7 Å². The molecule has 1 aliphatic rings. The van der Waals surface area contributed by atoms with Crippen molar-refractivity contribution in [1.82, 2.24) is 0 Å². The number of hydrogen-bond acceptors (Lipinski definition) is 2. The third-order valence-corrected chi connectivity index (χ3v) is 3.27. The Morgan fingerprint density at radius 1 is 0.765 bits per heavy atom. The Kier molecular flexibility index (Phi) is 1.47. The highest BCUT2D eigenvalue weighted by Crippen LogP contribution is 2.45. The highest BCUT2D eigenvalue weighted by atomic mass is 16.4. The molecule has 2 nitrogen and oxygen atoms in total. The van der Waals surface area contributed by atoms with Gasteiger partial charge in [0.1, 0.15) is 5.76 Å². The summed E-state index contributed by atoms with van der Waals surface area (Å²) in [5.41, 5.74) is 2.88. The Hall–Kier alpha value is -2.35. The molecule has 80 valence electrons. The van der Waals surface area contributed by atoms with E-state index in [4.69, 9.17) is 4.42 Å². The van der Waals surface area contributed by atoms with Crippen molar-refractivity contribution in [2.24, 2.45) is 0 Å². The van der Waals surface area contributed by atoms with Crippen molar-refractivity contribution in [2.75, 3.05) is 0 Å². The van der Waals surface area contributed by atoms with Crippen LogP contribution in [0.2, 0.25) is 0 Å². The first kappa shape index (κ1) is 8.76. The summed E-state index contributed by atoms with van der Waals surface area (Å²) < 4.78 is 5.34. The molecule has 0 atom stereocenters. The van der Waals surface area contributed by atoms with Gasteiger partial charge in [-0.3, -0.25) is 0 Å². The standard InChI is InChI=1S/C15H8O2/c16-13-8-7-11-10-5-1-3-9-4-2-6-12(14(9)10)15(11)17-13/h1-8H. The maximum atomic E-state index is 11.3. The van der Waals surface area contributed by atoms with Crippen LogP contribution in [0.1, 0.15) is 0 Å². The lowest BCUT2D eigenvalue weighted by Gasteiger charge is -1.99. The molecule has 0 radical (unpaired) electrons. The fourth-order valence-electron chi connectivity index (χ4n) is 2.58. The zero-order valence-electron chi connectivity index (χ0n) is 8.94. The number of fused-ring (bicyclic) bond motifs is 3. The molecule has 17 heavy (non-hydrogen) atoms. The van der Waals surface area contributed by atoms with Crippen LogP contribution in [-0.4, -0.2) is 0 Å². The van der Waals surface area contributed by atoms with Crippen LogP contribution in [0.4, 0.5) is 0 Å². The van der Waals surface area contributed by atoms with E-state index in [0.29, 0.717) is 5.76 Å². The molecule has 1 heterocycles. The maximum absolute atomic E-state index is 11.3. The third kappa shape index (κ3) is 1.02. The van der Waals surface area contributed by atoms with E-state index in [1.54, 1.807) is 0 Å². The van der Waals surface area contributed by atoms with Gasteiger partial charge < -0.3 is 4.42 Å². The minimum Gasteiger partial charge on any atom is -0.422 e. The SMILES string of the molecule is O=c1ccc2c(o1)-c1cccc3cccc-2c13. The Balaban J connectivity index is 2.30. The molecule has 0 aliphatic heterocycles. The maximum Gasteiger partial charge on any atom is 0.336 e. The van der Waals surface area contributed by atoms with E-state index in [9.17, 15) is 4.79 Å². The average molecular weight is 220 g/mol. The molecule has 0 amide bonds. The Bertz CT molecular complexity index is 807.